The Balaban J connectivity index is 2.27. The van der Waals surface area contributed by atoms with E-state index in [1.165, 1.54) is 24.3 Å². The van der Waals surface area contributed by atoms with Crippen LogP contribution in [0.25, 0.3) is 10.9 Å². The van der Waals surface area contributed by atoms with Crippen molar-refractivity contribution in [3.05, 3.63) is 65.9 Å². The number of nitrogens with zero attached hydrogens (tertiary/aromatic N) is 2. The summed E-state index contributed by atoms with van der Waals surface area (Å²) in [7, 11) is -3.66. The van der Waals surface area contributed by atoms with Gasteiger partial charge in [0.05, 0.1) is 26.9 Å². The lowest BCUT2D eigenvalue weighted by Gasteiger charge is -2.09. The first-order valence-electron chi connectivity index (χ1n) is 6.64. The van der Waals surface area contributed by atoms with Gasteiger partial charge in [0, 0.05) is 11.1 Å². The van der Waals surface area contributed by atoms with Gasteiger partial charge in [0.15, 0.2) is 0 Å². The molecule has 0 unspecified atom stereocenters. The molecule has 1 aromatic heterocycles. The molecular weight excluding hydrogens is 296 g/mol. The number of fused-ring (bicyclic) bond motifs is 1. The SMILES string of the molecule is Cc1cc(S(=O)(=O)c2ccc(C#N)cc2)c2ccccc2n1. The molecule has 0 fully saturated rings. The minimum Gasteiger partial charge on any atom is -0.253 e. The molecular formula is C17H12N2O2S. The van der Waals surface area contributed by atoms with Gasteiger partial charge in [0.1, 0.15) is 0 Å². The lowest BCUT2D eigenvalue weighted by molar-refractivity contribution is 0.596. The van der Waals surface area contributed by atoms with Gasteiger partial charge in [-0.05, 0) is 43.3 Å². The summed E-state index contributed by atoms with van der Waals surface area (Å²) in [5.41, 5.74) is 1.72. The molecule has 2 aromatic carbocycles. The minimum absolute atomic E-state index is 0.169. The molecule has 0 amide bonds. The van der Waals surface area contributed by atoms with Gasteiger partial charge in [0.25, 0.3) is 0 Å². The maximum atomic E-state index is 12.9. The summed E-state index contributed by atoms with van der Waals surface area (Å²) in [5.74, 6) is 0. The Hall–Kier alpha value is -2.71. The Bertz CT molecular complexity index is 1000. The van der Waals surface area contributed by atoms with E-state index in [1.54, 1.807) is 31.2 Å². The average Bonchev–Trinajstić information content (AvgIpc) is 2.54. The Labute approximate surface area is 128 Å². The smallest absolute Gasteiger partial charge is 0.207 e. The number of para-hydroxylation sites is 1. The largest absolute Gasteiger partial charge is 0.253 e. The molecule has 3 aromatic rings. The van der Waals surface area contributed by atoms with Gasteiger partial charge in [-0.2, -0.15) is 5.26 Å². The zero-order valence-corrected chi connectivity index (χ0v) is 12.6. The van der Waals surface area contributed by atoms with E-state index in [2.05, 4.69) is 4.98 Å². The summed E-state index contributed by atoms with van der Waals surface area (Å²) in [6.45, 7) is 1.77. The van der Waals surface area contributed by atoms with E-state index in [4.69, 9.17) is 5.26 Å². The van der Waals surface area contributed by atoms with E-state index in [0.29, 0.717) is 22.2 Å². The fraction of sp³-hybridized carbons (Fsp3) is 0.0588. The molecule has 4 nitrogen and oxygen atoms in total. The third-order valence-corrected chi connectivity index (χ3v) is 5.20. The molecule has 0 saturated heterocycles. The van der Waals surface area contributed by atoms with E-state index >= 15 is 0 Å². The predicted molar refractivity (Wildman–Crippen MR) is 83.1 cm³/mol. The summed E-state index contributed by atoms with van der Waals surface area (Å²) < 4.78 is 25.8. The standard InChI is InChI=1S/C17H12N2O2S/c1-12-10-17(15-4-2-3-5-16(15)19-12)22(20,21)14-8-6-13(11-18)7-9-14/h2-10H,1H3. The molecule has 0 saturated carbocycles. The fourth-order valence-corrected chi connectivity index (χ4v) is 3.86. The normalized spacial score (nSPS) is 11.3. The van der Waals surface area contributed by atoms with Crippen LogP contribution in [0, 0.1) is 18.3 Å². The van der Waals surface area contributed by atoms with E-state index in [-0.39, 0.29) is 9.79 Å². The Kier molecular flexibility index (Phi) is 3.39. The molecule has 108 valence electrons. The van der Waals surface area contributed by atoms with Crippen molar-refractivity contribution in [2.24, 2.45) is 0 Å². The number of hydrogen-bond acceptors (Lipinski definition) is 4. The average molecular weight is 308 g/mol. The third kappa shape index (κ3) is 2.34. The summed E-state index contributed by atoms with van der Waals surface area (Å²) in [6, 6.07) is 16.6. The maximum absolute atomic E-state index is 12.9. The molecule has 22 heavy (non-hydrogen) atoms. The first kappa shape index (κ1) is 14.2. The van der Waals surface area contributed by atoms with Crippen LogP contribution >= 0.6 is 0 Å². The highest BCUT2D eigenvalue weighted by atomic mass is 32.2. The van der Waals surface area contributed by atoms with Gasteiger partial charge in [-0.3, -0.25) is 4.98 Å². The molecule has 0 radical (unpaired) electrons. The van der Waals surface area contributed by atoms with Crippen molar-refractivity contribution >= 4 is 20.7 Å². The molecule has 0 bridgehead atoms. The lowest BCUT2D eigenvalue weighted by Crippen LogP contribution is -2.04. The van der Waals surface area contributed by atoms with Gasteiger partial charge >= 0.3 is 0 Å². The second kappa shape index (κ2) is 5.24. The number of aromatic nitrogens is 1. The summed E-state index contributed by atoms with van der Waals surface area (Å²) in [4.78, 5) is 4.77. The van der Waals surface area contributed by atoms with Crippen LogP contribution in [0.5, 0.6) is 0 Å². The van der Waals surface area contributed by atoms with Crippen LogP contribution in [0.3, 0.4) is 0 Å². The number of aryl methyl sites for hydroxylation is 1. The zero-order chi connectivity index (χ0) is 15.7. The van der Waals surface area contributed by atoms with Crippen LogP contribution in [0.2, 0.25) is 0 Å². The lowest BCUT2D eigenvalue weighted by atomic mass is 10.2. The first-order chi connectivity index (χ1) is 10.5. The van der Waals surface area contributed by atoms with Crippen LogP contribution in [0.4, 0.5) is 0 Å². The van der Waals surface area contributed by atoms with Crippen molar-refractivity contribution in [2.45, 2.75) is 16.7 Å². The van der Waals surface area contributed by atoms with Crippen LogP contribution in [0.1, 0.15) is 11.3 Å². The van der Waals surface area contributed by atoms with Gasteiger partial charge in [-0.15, -0.1) is 0 Å². The van der Waals surface area contributed by atoms with Crippen molar-refractivity contribution in [3.63, 3.8) is 0 Å². The molecule has 5 heteroatoms. The summed E-state index contributed by atoms with van der Waals surface area (Å²) in [6.07, 6.45) is 0. The monoisotopic (exact) mass is 308 g/mol. The molecule has 3 rings (SSSR count). The highest BCUT2D eigenvalue weighted by Gasteiger charge is 2.21. The number of sulfone groups is 1. The first-order valence-corrected chi connectivity index (χ1v) is 8.12. The van der Waals surface area contributed by atoms with Gasteiger partial charge in [0.2, 0.25) is 9.84 Å². The van der Waals surface area contributed by atoms with Gasteiger partial charge < -0.3 is 0 Å². The third-order valence-electron chi connectivity index (χ3n) is 3.39. The van der Waals surface area contributed by atoms with Crippen molar-refractivity contribution in [3.8, 4) is 6.07 Å². The minimum atomic E-state index is -3.66. The van der Waals surface area contributed by atoms with E-state index in [9.17, 15) is 8.42 Å². The molecule has 1 heterocycles. The maximum Gasteiger partial charge on any atom is 0.207 e. The second-order valence-electron chi connectivity index (χ2n) is 4.92. The van der Waals surface area contributed by atoms with Crippen molar-refractivity contribution in [2.75, 3.05) is 0 Å². The van der Waals surface area contributed by atoms with Crippen LogP contribution in [-0.4, -0.2) is 13.4 Å². The molecule has 0 aliphatic rings. The number of nitriles is 1. The molecule has 0 spiro atoms. The fourth-order valence-electron chi connectivity index (χ4n) is 2.33. The quantitative estimate of drug-likeness (QED) is 0.728. The number of benzene rings is 2. The Morgan fingerprint density at radius 3 is 2.41 bits per heavy atom. The van der Waals surface area contributed by atoms with Crippen LogP contribution in [-0.2, 0) is 9.84 Å². The van der Waals surface area contributed by atoms with Crippen molar-refractivity contribution in [1.29, 1.82) is 5.26 Å². The van der Waals surface area contributed by atoms with Gasteiger partial charge in [-0.25, -0.2) is 8.42 Å². The molecule has 0 atom stereocenters. The zero-order valence-electron chi connectivity index (χ0n) is 11.8. The molecule has 0 aliphatic heterocycles. The molecule has 0 N–H and O–H groups in total. The predicted octanol–water partition coefficient (Wildman–Crippen LogP) is 3.25. The van der Waals surface area contributed by atoms with Gasteiger partial charge in [-0.1, -0.05) is 18.2 Å². The van der Waals surface area contributed by atoms with E-state index in [1.807, 2.05) is 12.1 Å². The Morgan fingerprint density at radius 1 is 1.05 bits per heavy atom. The summed E-state index contributed by atoms with van der Waals surface area (Å²) in [5, 5.41) is 9.41. The Morgan fingerprint density at radius 2 is 1.73 bits per heavy atom. The van der Waals surface area contributed by atoms with Crippen molar-refractivity contribution in [1.82, 2.24) is 4.98 Å². The van der Waals surface area contributed by atoms with Crippen LogP contribution in [0.15, 0.2) is 64.4 Å². The van der Waals surface area contributed by atoms with E-state index < -0.39 is 9.84 Å². The highest BCUT2D eigenvalue weighted by Crippen LogP contribution is 2.28. The number of hydrogen-bond donors (Lipinski definition) is 0. The number of rotatable bonds is 2. The highest BCUT2D eigenvalue weighted by molar-refractivity contribution is 7.91. The topological polar surface area (TPSA) is 70.8 Å². The van der Waals surface area contributed by atoms with Crippen molar-refractivity contribution < 1.29 is 8.42 Å². The molecule has 0 aliphatic carbocycles. The number of pyridine rings is 1. The summed E-state index contributed by atoms with van der Waals surface area (Å²) >= 11 is 0. The van der Waals surface area contributed by atoms with E-state index in [0.717, 1.165) is 0 Å². The second-order valence-corrected chi connectivity index (χ2v) is 6.84. The van der Waals surface area contributed by atoms with Crippen LogP contribution < -0.4 is 0 Å².